The molecule has 2 aromatic carbocycles. The average molecular weight is 315 g/mol. The molecule has 0 bridgehead atoms. The molecule has 5 nitrogen and oxygen atoms in total. The minimum absolute atomic E-state index is 0.0330. The predicted octanol–water partition coefficient (Wildman–Crippen LogP) is 3.39. The van der Waals surface area contributed by atoms with Gasteiger partial charge in [0.2, 0.25) is 0 Å². The van der Waals surface area contributed by atoms with Gasteiger partial charge in [0, 0.05) is 5.56 Å². The summed E-state index contributed by atoms with van der Waals surface area (Å²) in [7, 11) is -4.02. The van der Waals surface area contributed by atoms with Crippen molar-refractivity contribution in [1.82, 2.24) is 0 Å². The molecule has 0 fully saturated rings. The maximum atomic E-state index is 12.8. The number of ether oxygens (including phenoxy) is 1. The largest absolute Gasteiger partial charge is 0.434 e. The molecule has 0 radical (unpaired) electrons. The number of sulfonamides is 1. The molecule has 0 saturated carbocycles. The van der Waals surface area contributed by atoms with Crippen molar-refractivity contribution in [3.05, 3.63) is 66.2 Å². The Labute approximate surface area is 128 Å². The number of amides is 1. The van der Waals surface area contributed by atoms with Crippen molar-refractivity contribution in [1.29, 1.82) is 0 Å². The number of fused-ring (bicyclic) bond motifs is 1. The quantitative estimate of drug-likeness (QED) is 0.852. The maximum Gasteiger partial charge on any atom is 0.434 e. The topological polar surface area (TPSA) is 63.7 Å². The van der Waals surface area contributed by atoms with Crippen LogP contribution in [0.2, 0.25) is 0 Å². The van der Waals surface area contributed by atoms with Crippen molar-refractivity contribution >= 4 is 27.6 Å². The standard InChI is InChI=1S/C16H13NO4S/c1-2-15-13-10-6-7-11-14(13)17(16(18)21-15)22(19,20)12-8-4-3-5-9-12/h2-11H,1H3. The van der Waals surface area contributed by atoms with Crippen LogP contribution in [0.5, 0.6) is 0 Å². The lowest BCUT2D eigenvalue weighted by Crippen LogP contribution is -2.40. The van der Waals surface area contributed by atoms with E-state index in [0.717, 1.165) is 0 Å². The van der Waals surface area contributed by atoms with Gasteiger partial charge in [0.15, 0.2) is 0 Å². The van der Waals surface area contributed by atoms with E-state index in [9.17, 15) is 13.2 Å². The molecule has 1 aliphatic heterocycles. The highest BCUT2D eigenvalue weighted by atomic mass is 32.2. The zero-order valence-corrected chi connectivity index (χ0v) is 12.6. The first kappa shape index (κ1) is 14.3. The molecule has 112 valence electrons. The van der Waals surface area contributed by atoms with Crippen LogP contribution in [0.3, 0.4) is 0 Å². The van der Waals surface area contributed by atoms with Gasteiger partial charge in [0.25, 0.3) is 10.0 Å². The van der Waals surface area contributed by atoms with Crippen molar-refractivity contribution in [2.75, 3.05) is 4.31 Å². The fraction of sp³-hybridized carbons (Fsp3) is 0.0625. The molecule has 0 atom stereocenters. The van der Waals surface area contributed by atoms with Gasteiger partial charge in [-0.15, -0.1) is 0 Å². The Kier molecular flexibility index (Phi) is 3.46. The van der Waals surface area contributed by atoms with Gasteiger partial charge in [0.05, 0.1) is 10.6 Å². The number of benzene rings is 2. The van der Waals surface area contributed by atoms with Gasteiger partial charge >= 0.3 is 6.09 Å². The summed E-state index contributed by atoms with van der Waals surface area (Å²) in [5.74, 6) is 0.347. The third-order valence-corrected chi connectivity index (χ3v) is 4.99. The van der Waals surface area contributed by atoms with Gasteiger partial charge in [-0.25, -0.2) is 13.2 Å². The summed E-state index contributed by atoms with van der Waals surface area (Å²) in [4.78, 5) is 12.3. The molecule has 1 amide bonds. The molecule has 1 aliphatic rings. The molecule has 6 heteroatoms. The molecule has 3 rings (SSSR count). The molecule has 0 N–H and O–H groups in total. The summed E-state index contributed by atoms with van der Waals surface area (Å²) in [5.41, 5.74) is 0.847. The number of para-hydroxylation sites is 1. The monoisotopic (exact) mass is 315 g/mol. The van der Waals surface area contributed by atoms with Crippen LogP contribution in [0.15, 0.2) is 65.6 Å². The summed E-state index contributed by atoms with van der Waals surface area (Å²) in [6, 6.07) is 14.5. The third-order valence-electron chi connectivity index (χ3n) is 3.30. The van der Waals surface area contributed by atoms with Gasteiger partial charge in [-0.05, 0) is 37.3 Å². The Morgan fingerprint density at radius 2 is 1.64 bits per heavy atom. The van der Waals surface area contributed by atoms with E-state index in [1.807, 2.05) is 0 Å². The van der Waals surface area contributed by atoms with Crippen LogP contribution in [0, 0.1) is 0 Å². The van der Waals surface area contributed by atoms with Crippen molar-refractivity contribution in [2.24, 2.45) is 0 Å². The Morgan fingerprint density at radius 3 is 2.32 bits per heavy atom. The van der Waals surface area contributed by atoms with Crippen molar-refractivity contribution in [3.8, 4) is 0 Å². The van der Waals surface area contributed by atoms with E-state index in [2.05, 4.69) is 0 Å². The van der Waals surface area contributed by atoms with Crippen LogP contribution in [0.25, 0.3) is 5.76 Å². The highest BCUT2D eigenvalue weighted by molar-refractivity contribution is 7.93. The third kappa shape index (κ3) is 2.17. The van der Waals surface area contributed by atoms with Crippen molar-refractivity contribution in [2.45, 2.75) is 11.8 Å². The highest BCUT2D eigenvalue weighted by Gasteiger charge is 2.38. The number of hydrogen-bond donors (Lipinski definition) is 0. The molecule has 0 aromatic heterocycles. The number of cyclic esters (lactones) is 1. The number of hydrogen-bond acceptors (Lipinski definition) is 4. The van der Waals surface area contributed by atoms with E-state index in [1.54, 1.807) is 55.5 Å². The van der Waals surface area contributed by atoms with Crippen LogP contribution in [0.4, 0.5) is 10.5 Å². The van der Waals surface area contributed by atoms with Gasteiger partial charge < -0.3 is 4.74 Å². The summed E-state index contributed by atoms with van der Waals surface area (Å²) >= 11 is 0. The fourth-order valence-corrected chi connectivity index (χ4v) is 3.65. The number of anilines is 1. The van der Waals surface area contributed by atoms with Crippen LogP contribution in [0.1, 0.15) is 12.5 Å². The average Bonchev–Trinajstić information content (AvgIpc) is 2.54. The highest BCUT2D eigenvalue weighted by Crippen LogP contribution is 2.37. The second-order valence-corrected chi connectivity index (χ2v) is 6.41. The van der Waals surface area contributed by atoms with E-state index >= 15 is 0 Å². The summed E-state index contributed by atoms with van der Waals surface area (Å²) < 4.78 is 31.4. The van der Waals surface area contributed by atoms with E-state index in [0.29, 0.717) is 15.6 Å². The number of nitrogens with zero attached hydrogens (tertiary/aromatic N) is 1. The molecular formula is C16H13NO4S. The van der Waals surface area contributed by atoms with Crippen molar-refractivity contribution < 1.29 is 17.9 Å². The first-order chi connectivity index (χ1) is 10.6. The Hall–Kier alpha value is -2.60. The van der Waals surface area contributed by atoms with E-state index in [4.69, 9.17) is 4.74 Å². The first-order valence-electron chi connectivity index (χ1n) is 6.63. The molecule has 0 spiro atoms. The van der Waals surface area contributed by atoms with E-state index < -0.39 is 16.1 Å². The molecule has 0 aliphatic carbocycles. The summed E-state index contributed by atoms with van der Waals surface area (Å²) in [6.45, 7) is 1.72. The van der Waals surface area contributed by atoms with Crippen LogP contribution < -0.4 is 4.31 Å². The van der Waals surface area contributed by atoms with Gasteiger partial charge in [-0.1, -0.05) is 30.3 Å². The second kappa shape index (κ2) is 5.31. The number of carbonyl (C=O) groups is 1. The van der Waals surface area contributed by atoms with Gasteiger partial charge in [0.1, 0.15) is 5.76 Å². The molecule has 0 saturated heterocycles. The van der Waals surface area contributed by atoms with E-state index in [1.165, 1.54) is 12.1 Å². The van der Waals surface area contributed by atoms with Crippen LogP contribution >= 0.6 is 0 Å². The Morgan fingerprint density at radius 1 is 1.00 bits per heavy atom. The lowest BCUT2D eigenvalue weighted by Gasteiger charge is -2.29. The smallest absolute Gasteiger partial charge is 0.409 e. The molecule has 1 heterocycles. The Bertz CT molecular complexity index is 857. The maximum absolute atomic E-state index is 12.8. The zero-order chi connectivity index (χ0) is 15.7. The first-order valence-corrected chi connectivity index (χ1v) is 8.07. The number of allylic oxidation sites excluding steroid dienone is 1. The second-order valence-electron chi connectivity index (χ2n) is 4.62. The van der Waals surface area contributed by atoms with Crippen LogP contribution in [-0.4, -0.2) is 14.5 Å². The summed E-state index contributed by atoms with van der Waals surface area (Å²) in [6.07, 6.45) is 0.694. The normalized spacial score (nSPS) is 16.3. The minimum atomic E-state index is -4.02. The predicted molar refractivity (Wildman–Crippen MR) is 82.7 cm³/mol. The molecule has 22 heavy (non-hydrogen) atoms. The molecule has 2 aromatic rings. The number of rotatable bonds is 2. The zero-order valence-electron chi connectivity index (χ0n) is 11.8. The van der Waals surface area contributed by atoms with E-state index in [-0.39, 0.29) is 10.6 Å². The van der Waals surface area contributed by atoms with Gasteiger partial charge in [-0.2, -0.15) is 4.31 Å². The lowest BCUT2D eigenvalue weighted by atomic mass is 10.1. The minimum Gasteiger partial charge on any atom is -0.409 e. The Balaban J connectivity index is 2.21. The number of carbonyl (C=O) groups excluding carboxylic acids is 1. The SMILES string of the molecule is CC=C1OC(=O)N(S(=O)(=O)c2ccccc2)c2ccccc21. The van der Waals surface area contributed by atoms with Crippen LogP contribution in [-0.2, 0) is 14.8 Å². The fourth-order valence-electron chi connectivity index (χ4n) is 2.29. The molecule has 0 unspecified atom stereocenters. The van der Waals surface area contributed by atoms with Crippen molar-refractivity contribution in [3.63, 3.8) is 0 Å². The molecular weight excluding hydrogens is 302 g/mol. The lowest BCUT2D eigenvalue weighted by molar-refractivity contribution is 0.201. The summed E-state index contributed by atoms with van der Waals surface area (Å²) in [5, 5.41) is 0. The van der Waals surface area contributed by atoms with Gasteiger partial charge in [-0.3, -0.25) is 0 Å².